The number of nitrogens with one attached hydrogen (secondary N) is 2. The van der Waals surface area contributed by atoms with E-state index in [1.165, 1.54) is 19.4 Å². The minimum absolute atomic E-state index is 0.595. The van der Waals surface area contributed by atoms with Gasteiger partial charge in [-0.1, -0.05) is 11.8 Å². The lowest BCUT2D eigenvalue weighted by atomic mass is 10.0. The van der Waals surface area contributed by atoms with Crippen LogP contribution in [0.15, 0.2) is 0 Å². The minimum Gasteiger partial charge on any atom is -0.316 e. The molecule has 1 unspecified atom stereocenters. The summed E-state index contributed by atoms with van der Waals surface area (Å²) in [6, 6.07) is 0. The van der Waals surface area contributed by atoms with Crippen molar-refractivity contribution in [3.63, 3.8) is 0 Å². The zero-order valence-electron chi connectivity index (χ0n) is 7.11. The molecule has 62 valence electrons. The average Bonchev–Trinajstić information content (AvgIpc) is 2.07. The van der Waals surface area contributed by atoms with Gasteiger partial charge in [0.05, 0.1) is 6.54 Å². The topological polar surface area (TPSA) is 24.1 Å². The molecule has 1 atom stereocenters. The Morgan fingerprint density at radius 2 is 2.55 bits per heavy atom. The van der Waals surface area contributed by atoms with Crippen LogP contribution in [0.25, 0.3) is 0 Å². The van der Waals surface area contributed by atoms with Crippen LogP contribution in [0, 0.1) is 17.8 Å². The molecule has 0 spiro atoms. The normalized spacial score (nSPS) is 23.9. The van der Waals surface area contributed by atoms with Crippen LogP contribution < -0.4 is 10.6 Å². The summed E-state index contributed by atoms with van der Waals surface area (Å²) in [5.74, 6) is 6.95. The third-order valence-corrected chi connectivity index (χ3v) is 1.87. The van der Waals surface area contributed by atoms with Gasteiger partial charge in [-0.2, -0.15) is 0 Å². The summed E-state index contributed by atoms with van der Waals surface area (Å²) < 4.78 is 0. The lowest BCUT2D eigenvalue weighted by Crippen LogP contribution is -2.28. The lowest BCUT2D eigenvalue weighted by Gasteiger charge is -2.17. The van der Waals surface area contributed by atoms with Gasteiger partial charge in [-0.3, -0.25) is 0 Å². The molecular weight excluding hydrogens is 136 g/mol. The zero-order chi connectivity index (χ0) is 7.94. The van der Waals surface area contributed by atoms with E-state index >= 15 is 0 Å². The van der Waals surface area contributed by atoms with Crippen LogP contribution in [0.2, 0.25) is 0 Å². The molecule has 1 aliphatic heterocycles. The molecule has 0 saturated carbocycles. The second-order valence-corrected chi connectivity index (χ2v) is 2.89. The molecule has 1 rings (SSSR count). The van der Waals surface area contributed by atoms with Crippen molar-refractivity contribution in [3.05, 3.63) is 0 Å². The molecule has 0 amide bonds. The van der Waals surface area contributed by atoms with Crippen LogP contribution in [-0.4, -0.2) is 26.7 Å². The number of rotatable bonds is 1. The molecule has 2 N–H and O–H groups in total. The quantitative estimate of drug-likeness (QED) is 0.525. The molecule has 1 saturated heterocycles. The van der Waals surface area contributed by atoms with E-state index in [9.17, 15) is 0 Å². The van der Waals surface area contributed by atoms with Crippen molar-refractivity contribution in [2.45, 2.75) is 12.8 Å². The second-order valence-electron chi connectivity index (χ2n) is 2.89. The van der Waals surface area contributed by atoms with Gasteiger partial charge in [-0.25, -0.2) is 0 Å². The highest BCUT2D eigenvalue weighted by Crippen LogP contribution is 2.07. The van der Waals surface area contributed by atoms with E-state index in [-0.39, 0.29) is 0 Å². The second kappa shape index (κ2) is 5.17. The number of hydrogen-bond acceptors (Lipinski definition) is 2. The van der Waals surface area contributed by atoms with Crippen molar-refractivity contribution in [2.24, 2.45) is 5.92 Å². The average molecular weight is 152 g/mol. The van der Waals surface area contributed by atoms with Crippen molar-refractivity contribution in [2.75, 3.05) is 26.7 Å². The molecular formula is C9H16N2. The highest BCUT2D eigenvalue weighted by molar-refractivity contribution is 5.06. The fraction of sp³-hybridized carbons (Fsp3) is 0.778. The predicted molar refractivity (Wildman–Crippen MR) is 47.3 cm³/mol. The maximum atomic E-state index is 3.34. The van der Waals surface area contributed by atoms with Gasteiger partial charge in [-0.15, -0.1) is 0 Å². The van der Waals surface area contributed by atoms with Crippen LogP contribution in [0.1, 0.15) is 12.8 Å². The van der Waals surface area contributed by atoms with E-state index in [1.54, 1.807) is 0 Å². The van der Waals surface area contributed by atoms with Gasteiger partial charge in [0, 0.05) is 12.5 Å². The van der Waals surface area contributed by atoms with Gasteiger partial charge in [0.25, 0.3) is 0 Å². The maximum absolute atomic E-state index is 3.34. The Morgan fingerprint density at radius 3 is 3.18 bits per heavy atom. The van der Waals surface area contributed by atoms with Gasteiger partial charge in [-0.05, 0) is 26.4 Å². The molecule has 1 aliphatic rings. The molecule has 1 fully saturated rings. The molecule has 2 nitrogen and oxygen atoms in total. The molecule has 0 aromatic rings. The van der Waals surface area contributed by atoms with Crippen molar-refractivity contribution < 1.29 is 0 Å². The van der Waals surface area contributed by atoms with Gasteiger partial charge in [0.1, 0.15) is 0 Å². The van der Waals surface area contributed by atoms with Crippen molar-refractivity contribution in [1.29, 1.82) is 0 Å². The van der Waals surface area contributed by atoms with Crippen molar-refractivity contribution >= 4 is 0 Å². The Kier molecular flexibility index (Phi) is 4.03. The van der Waals surface area contributed by atoms with Gasteiger partial charge in [0.15, 0.2) is 0 Å². The standard InChI is InChI=1S/C9H16N2/c1-10-6-2-4-9-5-3-7-11-8-9/h9-11H,3,5-8H2,1H3. The van der Waals surface area contributed by atoms with Gasteiger partial charge in [0.2, 0.25) is 0 Å². The molecule has 0 aliphatic carbocycles. The van der Waals surface area contributed by atoms with E-state index in [0.717, 1.165) is 13.1 Å². The van der Waals surface area contributed by atoms with Crippen LogP contribution in [0.3, 0.4) is 0 Å². The first-order chi connectivity index (χ1) is 5.43. The summed E-state index contributed by atoms with van der Waals surface area (Å²) in [7, 11) is 1.92. The van der Waals surface area contributed by atoms with Gasteiger partial charge >= 0.3 is 0 Å². The van der Waals surface area contributed by atoms with E-state index < -0.39 is 0 Å². The fourth-order valence-corrected chi connectivity index (χ4v) is 1.26. The fourth-order valence-electron chi connectivity index (χ4n) is 1.26. The lowest BCUT2D eigenvalue weighted by molar-refractivity contribution is 0.449. The van der Waals surface area contributed by atoms with Crippen LogP contribution >= 0.6 is 0 Å². The van der Waals surface area contributed by atoms with E-state index in [4.69, 9.17) is 0 Å². The first kappa shape index (κ1) is 8.58. The largest absolute Gasteiger partial charge is 0.316 e. The van der Waals surface area contributed by atoms with Crippen molar-refractivity contribution in [3.8, 4) is 11.8 Å². The highest BCUT2D eigenvalue weighted by Gasteiger charge is 2.08. The first-order valence-corrected chi connectivity index (χ1v) is 4.27. The predicted octanol–water partition coefficient (Wildman–Crippen LogP) is 0.209. The number of piperidine rings is 1. The van der Waals surface area contributed by atoms with E-state index in [2.05, 4.69) is 22.5 Å². The number of hydrogen-bond donors (Lipinski definition) is 2. The molecule has 0 aromatic heterocycles. The maximum Gasteiger partial charge on any atom is 0.0574 e. The molecule has 2 heteroatoms. The van der Waals surface area contributed by atoms with Crippen LogP contribution in [0.5, 0.6) is 0 Å². The van der Waals surface area contributed by atoms with E-state index in [0.29, 0.717) is 5.92 Å². The third kappa shape index (κ3) is 3.41. The third-order valence-electron chi connectivity index (χ3n) is 1.87. The minimum atomic E-state index is 0.595. The highest BCUT2D eigenvalue weighted by atomic mass is 14.9. The zero-order valence-corrected chi connectivity index (χ0v) is 7.11. The summed E-state index contributed by atoms with van der Waals surface area (Å²) in [6.07, 6.45) is 2.54. The summed E-state index contributed by atoms with van der Waals surface area (Å²) in [5, 5.41) is 6.35. The van der Waals surface area contributed by atoms with Crippen LogP contribution in [-0.2, 0) is 0 Å². The van der Waals surface area contributed by atoms with Crippen molar-refractivity contribution in [1.82, 2.24) is 10.6 Å². The summed E-state index contributed by atoms with van der Waals surface area (Å²) in [4.78, 5) is 0. The Morgan fingerprint density at radius 1 is 1.64 bits per heavy atom. The molecule has 0 radical (unpaired) electrons. The Hall–Kier alpha value is -0.520. The summed E-state index contributed by atoms with van der Waals surface area (Å²) in [5.41, 5.74) is 0. The smallest absolute Gasteiger partial charge is 0.0574 e. The molecule has 0 bridgehead atoms. The first-order valence-electron chi connectivity index (χ1n) is 4.27. The van der Waals surface area contributed by atoms with E-state index in [1.807, 2.05) is 7.05 Å². The summed E-state index contributed by atoms with van der Waals surface area (Å²) >= 11 is 0. The summed E-state index contributed by atoms with van der Waals surface area (Å²) in [6.45, 7) is 3.07. The monoisotopic (exact) mass is 152 g/mol. The molecule has 11 heavy (non-hydrogen) atoms. The Labute approximate surface area is 68.8 Å². The molecule has 0 aromatic carbocycles. The molecule has 1 heterocycles. The Bertz CT molecular complexity index is 149. The van der Waals surface area contributed by atoms with Gasteiger partial charge < -0.3 is 10.6 Å². The van der Waals surface area contributed by atoms with Crippen LogP contribution in [0.4, 0.5) is 0 Å². The SMILES string of the molecule is CNCC#CC1CCCNC1. The Balaban J connectivity index is 2.19.